The first kappa shape index (κ1) is 21.6. The zero-order valence-corrected chi connectivity index (χ0v) is 17.4. The summed E-state index contributed by atoms with van der Waals surface area (Å²) in [4.78, 5) is 25.6. The average molecular weight is 442 g/mol. The lowest BCUT2D eigenvalue weighted by Crippen LogP contribution is -2.19. The monoisotopic (exact) mass is 441 g/mol. The quantitative estimate of drug-likeness (QED) is 0.274. The van der Waals surface area contributed by atoms with Crippen molar-refractivity contribution >= 4 is 35.4 Å². The first-order chi connectivity index (χ1) is 14.4. The van der Waals surface area contributed by atoms with Crippen LogP contribution in [0.5, 0.6) is 17.2 Å². The Kier molecular flexibility index (Phi) is 7.26. The summed E-state index contributed by atoms with van der Waals surface area (Å²) in [6, 6.07) is 19.7. The molecule has 3 aromatic carbocycles. The smallest absolute Gasteiger partial charge is 0.321 e. The number of esters is 1. The third-order valence-electron chi connectivity index (χ3n) is 3.96. The molecule has 0 saturated carbocycles. The molecule has 8 heteroatoms. The summed E-state index contributed by atoms with van der Waals surface area (Å²) in [5, 5.41) is 18.0. The molecule has 0 aromatic heterocycles. The molecule has 4 N–H and O–H groups in total. The summed E-state index contributed by atoms with van der Waals surface area (Å²) in [6.07, 6.45) is 0. The van der Waals surface area contributed by atoms with E-state index in [1.54, 1.807) is 72.8 Å². The van der Waals surface area contributed by atoms with Crippen molar-refractivity contribution in [1.29, 1.82) is 0 Å². The van der Waals surface area contributed by atoms with Crippen LogP contribution in [0.2, 0.25) is 0 Å². The molecule has 30 heavy (non-hydrogen) atoms. The van der Waals surface area contributed by atoms with Gasteiger partial charge in [-0.3, -0.25) is 9.59 Å². The van der Waals surface area contributed by atoms with Crippen molar-refractivity contribution in [3.63, 3.8) is 0 Å². The fourth-order valence-corrected chi connectivity index (χ4v) is 4.15. The molecule has 0 spiro atoms. The Hall–Kier alpha value is -3.10. The van der Waals surface area contributed by atoms with E-state index in [1.165, 1.54) is 23.5 Å². The number of phenols is 2. The summed E-state index contributed by atoms with van der Waals surface area (Å²) in [5.41, 5.74) is 6.24. The summed E-state index contributed by atoms with van der Waals surface area (Å²) in [5.74, 6) is -0.112. The van der Waals surface area contributed by atoms with Crippen LogP contribution in [0.3, 0.4) is 0 Å². The molecular weight excluding hydrogens is 422 g/mol. The molecule has 0 heterocycles. The fraction of sp³-hybridized carbons (Fsp3) is 0.0909. The van der Waals surface area contributed by atoms with Gasteiger partial charge in [-0.05, 0) is 66.2 Å². The van der Waals surface area contributed by atoms with E-state index in [1.807, 2.05) is 0 Å². The maximum atomic E-state index is 12.1. The van der Waals surface area contributed by atoms with Gasteiger partial charge in [0.05, 0.1) is 5.75 Å². The third-order valence-corrected chi connectivity index (χ3v) is 6.23. The predicted molar refractivity (Wildman–Crippen MR) is 117 cm³/mol. The maximum absolute atomic E-state index is 12.1. The minimum Gasteiger partial charge on any atom is -0.508 e. The van der Waals surface area contributed by atoms with Gasteiger partial charge < -0.3 is 20.7 Å². The van der Waals surface area contributed by atoms with Crippen LogP contribution < -0.4 is 10.5 Å². The van der Waals surface area contributed by atoms with Crippen molar-refractivity contribution in [3.8, 4) is 17.2 Å². The molecular formula is C22H19NO5S2. The Morgan fingerprint density at radius 2 is 1.37 bits per heavy atom. The zero-order chi connectivity index (χ0) is 21.5. The number of rotatable bonds is 8. The zero-order valence-electron chi connectivity index (χ0n) is 15.7. The summed E-state index contributed by atoms with van der Waals surface area (Å²) in [7, 11) is 0. The lowest BCUT2D eigenvalue weighted by Gasteiger charge is -2.14. The van der Waals surface area contributed by atoms with Crippen molar-refractivity contribution in [2.24, 2.45) is 5.73 Å². The molecule has 154 valence electrons. The van der Waals surface area contributed by atoms with Crippen LogP contribution in [-0.2, 0) is 9.59 Å². The predicted octanol–water partition coefficient (Wildman–Crippen LogP) is 4.11. The molecule has 3 aromatic rings. The highest BCUT2D eigenvalue weighted by molar-refractivity contribution is 8.00. The minimum atomic E-state index is -0.621. The van der Waals surface area contributed by atoms with Crippen LogP contribution in [0.1, 0.15) is 10.8 Å². The van der Waals surface area contributed by atoms with E-state index >= 15 is 0 Å². The Bertz CT molecular complexity index is 1010. The number of carbonyl (C=O) groups is 2. The van der Waals surface area contributed by atoms with E-state index in [9.17, 15) is 19.8 Å². The molecule has 0 bridgehead atoms. The first-order valence-electron chi connectivity index (χ1n) is 8.88. The summed E-state index contributed by atoms with van der Waals surface area (Å²) >= 11 is 2.57. The van der Waals surface area contributed by atoms with Crippen molar-refractivity contribution < 1.29 is 24.5 Å². The van der Waals surface area contributed by atoms with Crippen LogP contribution >= 0.6 is 23.5 Å². The minimum absolute atomic E-state index is 0.118. The van der Waals surface area contributed by atoms with Gasteiger partial charge in [-0.25, -0.2) is 0 Å². The topological polar surface area (TPSA) is 110 Å². The molecule has 0 radical (unpaired) electrons. The lowest BCUT2D eigenvalue weighted by molar-refractivity contribution is -0.131. The Morgan fingerprint density at radius 3 is 1.90 bits per heavy atom. The molecule has 0 fully saturated rings. The van der Waals surface area contributed by atoms with Gasteiger partial charge in [0.15, 0.2) is 0 Å². The van der Waals surface area contributed by atoms with Gasteiger partial charge in [-0.2, -0.15) is 0 Å². The van der Waals surface area contributed by atoms with Crippen molar-refractivity contribution in [2.45, 2.75) is 15.0 Å². The number of hydrogen-bond acceptors (Lipinski definition) is 7. The van der Waals surface area contributed by atoms with Crippen LogP contribution in [0, 0.1) is 0 Å². The Balaban J connectivity index is 1.59. The van der Waals surface area contributed by atoms with E-state index in [2.05, 4.69) is 0 Å². The molecule has 3 rings (SSSR count). The number of primary amides is 1. The van der Waals surface area contributed by atoms with Crippen molar-refractivity contribution in [3.05, 3.63) is 78.4 Å². The third kappa shape index (κ3) is 6.20. The maximum Gasteiger partial charge on any atom is 0.321 e. The standard InChI is InChI=1S/C22H19NO5S2/c23-22(27)21(30-19-11-5-16(25)6-12-19)14-1-7-17(8-2-14)28-20(26)13-29-18-9-3-15(24)4-10-18/h1-12,21,24-25H,13H2,(H2,23,27). The molecule has 6 nitrogen and oxygen atoms in total. The van der Waals surface area contributed by atoms with Gasteiger partial charge in [-0.1, -0.05) is 12.1 Å². The normalized spacial score (nSPS) is 11.6. The SMILES string of the molecule is NC(=O)C(Sc1ccc(O)cc1)c1ccc(OC(=O)CSc2ccc(O)cc2)cc1. The average Bonchev–Trinajstić information content (AvgIpc) is 2.73. The molecule has 0 aliphatic carbocycles. The molecule has 0 saturated heterocycles. The van der Waals surface area contributed by atoms with Gasteiger partial charge in [0.1, 0.15) is 22.5 Å². The van der Waals surface area contributed by atoms with E-state index in [4.69, 9.17) is 10.5 Å². The van der Waals surface area contributed by atoms with Gasteiger partial charge in [0, 0.05) is 9.79 Å². The second kappa shape index (κ2) is 10.1. The number of benzene rings is 3. The molecule has 1 unspecified atom stereocenters. The van der Waals surface area contributed by atoms with Crippen LogP contribution in [0.4, 0.5) is 0 Å². The van der Waals surface area contributed by atoms with Gasteiger partial charge in [0.25, 0.3) is 0 Å². The molecule has 0 aliphatic heterocycles. The lowest BCUT2D eigenvalue weighted by atomic mass is 10.1. The van der Waals surface area contributed by atoms with Crippen molar-refractivity contribution in [1.82, 2.24) is 0 Å². The van der Waals surface area contributed by atoms with Crippen LogP contribution in [0.15, 0.2) is 82.6 Å². The number of hydrogen-bond donors (Lipinski definition) is 3. The molecule has 1 atom stereocenters. The second-order valence-corrected chi connectivity index (χ2v) is 8.45. The van der Waals surface area contributed by atoms with E-state index < -0.39 is 17.1 Å². The Labute approximate surface area is 182 Å². The summed E-state index contributed by atoms with van der Waals surface area (Å²) < 4.78 is 5.33. The number of carbonyl (C=O) groups excluding carboxylic acids is 2. The van der Waals surface area contributed by atoms with Gasteiger partial charge >= 0.3 is 5.97 Å². The largest absolute Gasteiger partial charge is 0.508 e. The molecule has 1 amide bonds. The Morgan fingerprint density at radius 1 is 0.833 bits per heavy atom. The van der Waals surface area contributed by atoms with E-state index in [-0.39, 0.29) is 17.3 Å². The van der Waals surface area contributed by atoms with E-state index in [0.29, 0.717) is 11.3 Å². The number of amides is 1. The summed E-state index contributed by atoms with van der Waals surface area (Å²) in [6.45, 7) is 0. The fourth-order valence-electron chi connectivity index (χ4n) is 2.51. The number of ether oxygens (including phenoxy) is 1. The van der Waals surface area contributed by atoms with Crippen LogP contribution in [0.25, 0.3) is 0 Å². The number of nitrogens with two attached hydrogens (primary N) is 1. The van der Waals surface area contributed by atoms with Gasteiger partial charge in [0.2, 0.25) is 5.91 Å². The van der Waals surface area contributed by atoms with Crippen molar-refractivity contribution in [2.75, 3.05) is 5.75 Å². The molecule has 0 aliphatic rings. The number of phenolic OH excluding ortho intramolecular Hbond substituents is 2. The highest BCUT2D eigenvalue weighted by Crippen LogP contribution is 2.36. The first-order valence-corrected chi connectivity index (χ1v) is 10.7. The van der Waals surface area contributed by atoms with E-state index in [0.717, 1.165) is 9.79 Å². The number of thioether (sulfide) groups is 2. The van der Waals surface area contributed by atoms with Gasteiger partial charge in [-0.15, -0.1) is 23.5 Å². The highest BCUT2D eigenvalue weighted by Gasteiger charge is 2.19. The van der Waals surface area contributed by atoms with Crippen LogP contribution in [-0.4, -0.2) is 27.8 Å². The highest BCUT2D eigenvalue weighted by atomic mass is 32.2. The number of aromatic hydroxyl groups is 2. The second-order valence-electron chi connectivity index (χ2n) is 6.22.